The fourth-order valence-corrected chi connectivity index (χ4v) is 1.54. The zero-order valence-electron chi connectivity index (χ0n) is 9.74. The molecule has 0 radical (unpaired) electrons. The summed E-state index contributed by atoms with van der Waals surface area (Å²) in [5, 5.41) is 9.14. The van der Waals surface area contributed by atoms with E-state index in [-0.39, 0.29) is 12.0 Å². The molecule has 1 amide bonds. The van der Waals surface area contributed by atoms with Crippen molar-refractivity contribution in [2.75, 3.05) is 0 Å². The second kappa shape index (κ2) is 4.49. The number of nitrogens with zero attached hydrogens (tertiary/aromatic N) is 1. The van der Waals surface area contributed by atoms with E-state index in [0.717, 1.165) is 0 Å². The summed E-state index contributed by atoms with van der Waals surface area (Å²) in [6.45, 7) is 13.3. The lowest BCUT2D eigenvalue weighted by Crippen LogP contribution is -2.52. The molecule has 82 valence electrons. The third-order valence-corrected chi connectivity index (χ3v) is 2.15. The molecule has 0 aliphatic carbocycles. The lowest BCUT2D eigenvalue weighted by molar-refractivity contribution is 0.0703. The van der Waals surface area contributed by atoms with E-state index in [4.69, 9.17) is 5.11 Å². The topological polar surface area (TPSA) is 40.5 Å². The molecular weight excluding hydrogens is 178 g/mol. The third-order valence-electron chi connectivity index (χ3n) is 2.15. The SMILES string of the molecule is C=C[C@H](C(C)C)N(C(=O)O)C(C)(C)C. The number of hydrogen-bond donors (Lipinski definition) is 1. The van der Waals surface area contributed by atoms with E-state index >= 15 is 0 Å². The molecule has 0 aromatic heterocycles. The predicted octanol–water partition coefficient (Wildman–Crippen LogP) is 2.98. The molecule has 0 aromatic carbocycles. The van der Waals surface area contributed by atoms with E-state index in [2.05, 4.69) is 6.58 Å². The first kappa shape index (κ1) is 13.0. The fourth-order valence-electron chi connectivity index (χ4n) is 1.54. The minimum Gasteiger partial charge on any atom is -0.465 e. The molecule has 0 aliphatic heterocycles. The van der Waals surface area contributed by atoms with Crippen molar-refractivity contribution >= 4 is 6.09 Å². The molecule has 0 fully saturated rings. The van der Waals surface area contributed by atoms with Gasteiger partial charge in [0.2, 0.25) is 0 Å². The van der Waals surface area contributed by atoms with Crippen LogP contribution in [-0.2, 0) is 0 Å². The van der Waals surface area contributed by atoms with Crippen molar-refractivity contribution in [2.45, 2.75) is 46.2 Å². The molecule has 0 bridgehead atoms. The Kier molecular flexibility index (Phi) is 4.17. The Labute approximate surface area is 86.4 Å². The summed E-state index contributed by atoms with van der Waals surface area (Å²) in [6, 6.07) is -0.132. The van der Waals surface area contributed by atoms with Crippen LogP contribution >= 0.6 is 0 Å². The monoisotopic (exact) mass is 199 g/mol. The highest BCUT2D eigenvalue weighted by molar-refractivity contribution is 5.66. The van der Waals surface area contributed by atoms with Gasteiger partial charge in [0, 0.05) is 5.54 Å². The van der Waals surface area contributed by atoms with Crippen LogP contribution in [0.4, 0.5) is 4.79 Å². The van der Waals surface area contributed by atoms with Gasteiger partial charge in [-0.1, -0.05) is 19.9 Å². The molecule has 0 saturated carbocycles. The Bertz CT molecular complexity index is 216. The summed E-state index contributed by atoms with van der Waals surface area (Å²) in [6.07, 6.45) is 0.806. The molecular formula is C11H21NO2. The molecule has 3 heteroatoms. The Morgan fingerprint density at radius 2 is 1.86 bits per heavy atom. The summed E-state index contributed by atoms with van der Waals surface area (Å²) < 4.78 is 0. The van der Waals surface area contributed by atoms with Crippen LogP contribution in [0.15, 0.2) is 12.7 Å². The second-order valence-corrected chi connectivity index (χ2v) is 4.79. The van der Waals surface area contributed by atoms with Crippen molar-refractivity contribution in [3.05, 3.63) is 12.7 Å². The predicted molar refractivity (Wildman–Crippen MR) is 58.4 cm³/mol. The van der Waals surface area contributed by atoms with E-state index in [9.17, 15) is 4.79 Å². The van der Waals surface area contributed by atoms with Crippen molar-refractivity contribution in [1.82, 2.24) is 4.90 Å². The minimum absolute atomic E-state index is 0.132. The fraction of sp³-hybridized carbons (Fsp3) is 0.727. The van der Waals surface area contributed by atoms with E-state index in [0.29, 0.717) is 0 Å². The van der Waals surface area contributed by atoms with E-state index in [1.54, 1.807) is 6.08 Å². The molecule has 14 heavy (non-hydrogen) atoms. The van der Waals surface area contributed by atoms with Gasteiger partial charge in [-0.25, -0.2) is 4.79 Å². The first-order chi connectivity index (χ1) is 6.21. The first-order valence-electron chi connectivity index (χ1n) is 4.86. The third kappa shape index (κ3) is 3.05. The van der Waals surface area contributed by atoms with Gasteiger partial charge >= 0.3 is 6.09 Å². The van der Waals surface area contributed by atoms with E-state index in [1.165, 1.54) is 4.90 Å². The average Bonchev–Trinajstić information content (AvgIpc) is 1.95. The van der Waals surface area contributed by atoms with Crippen LogP contribution in [0.25, 0.3) is 0 Å². The Hall–Kier alpha value is -0.990. The van der Waals surface area contributed by atoms with Crippen molar-refractivity contribution in [2.24, 2.45) is 5.92 Å². The van der Waals surface area contributed by atoms with Crippen molar-refractivity contribution < 1.29 is 9.90 Å². The van der Waals surface area contributed by atoms with Crippen molar-refractivity contribution in [1.29, 1.82) is 0 Å². The molecule has 3 nitrogen and oxygen atoms in total. The molecule has 0 unspecified atom stereocenters. The Morgan fingerprint density at radius 3 is 1.93 bits per heavy atom. The molecule has 0 rings (SSSR count). The smallest absolute Gasteiger partial charge is 0.408 e. The number of amides is 1. The van der Waals surface area contributed by atoms with Gasteiger partial charge in [0.25, 0.3) is 0 Å². The molecule has 0 aliphatic rings. The lowest BCUT2D eigenvalue weighted by Gasteiger charge is -2.40. The maximum Gasteiger partial charge on any atom is 0.408 e. The molecule has 0 aromatic rings. The van der Waals surface area contributed by atoms with Crippen LogP contribution in [0.5, 0.6) is 0 Å². The minimum atomic E-state index is -0.893. The van der Waals surface area contributed by atoms with Gasteiger partial charge in [-0.2, -0.15) is 0 Å². The zero-order valence-corrected chi connectivity index (χ0v) is 9.74. The number of carbonyl (C=O) groups is 1. The summed E-state index contributed by atoms with van der Waals surface area (Å²) in [7, 11) is 0. The normalized spacial score (nSPS) is 13.9. The van der Waals surface area contributed by atoms with Crippen LogP contribution in [-0.4, -0.2) is 27.7 Å². The van der Waals surface area contributed by atoms with Gasteiger partial charge < -0.3 is 5.11 Å². The molecule has 1 atom stereocenters. The van der Waals surface area contributed by atoms with Gasteiger partial charge in [0.05, 0.1) is 6.04 Å². The van der Waals surface area contributed by atoms with Crippen molar-refractivity contribution in [3.63, 3.8) is 0 Å². The highest BCUT2D eigenvalue weighted by Gasteiger charge is 2.32. The first-order valence-corrected chi connectivity index (χ1v) is 4.86. The van der Waals surface area contributed by atoms with Gasteiger partial charge in [0.15, 0.2) is 0 Å². The summed E-state index contributed by atoms with van der Waals surface area (Å²) >= 11 is 0. The van der Waals surface area contributed by atoms with E-state index < -0.39 is 11.6 Å². The maximum atomic E-state index is 11.1. The van der Waals surface area contributed by atoms with Crippen LogP contribution in [0.1, 0.15) is 34.6 Å². The molecule has 0 saturated heterocycles. The number of hydrogen-bond acceptors (Lipinski definition) is 1. The highest BCUT2D eigenvalue weighted by Crippen LogP contribution is 2.22. The van der Waals surface area contributed by atoms with Gasteiger partial charge in [-0.15, -0.1) is 6.58 Å². The van der Waals surface area contributed by atoms with Crippen LogP contribution < -0.4 is 0 Å². The lowest BCUT2D eigenvalue weighted by atomic mass is 9.96. The quantitative estimate of drug-likeness (QED) is 0.710. The summed E-state index contributed by atoms with van der Waals surface area (Å²) in [4.78, 5) is 12.6. The van der Waals surface area contributed by atoms with E-state index in [1.807, 2.05) is 34.6 Å². The standard InChI is InChI=1S/C11H21NO2/c1-7-9(8(2)3)12(10(13)14)11(4,5)6/h7-9H,1H2,2-6H3,(H,13,14)/t9-/m1/s1. The number of carboxylic acid groups (broad SMARTS) is 1. The molecule has 1 N–H and O–H groups in total. The molecule has 0 spiro atoms. The van der Waals surface area contributed by atoms with Crippen LogP contribution in [0.3, 0.4) is 0 Å². The zero-order chi connectivity index (χ0) is 11.5. The van der Waals surface area contributed by atoms with Gasteiger partial charge in [0.1, 0.15) is 0 Å². The maximum absolute atomic E-state index is 11.1. The van der Waals surface area contributed by atoms with Gasteiger partial charge in [-0.3, -0.25) is 4.90 Å². The largest absolute Gasteiger partial charge is 0.465 e. The summed E-state index contributed by atoms with van der Waals surface area (Å²) in [5.74, 6) is 0.239. The van der Waals surface area contributed by atoms with Gasteiger partial charge in [-0.05, 0) is 26.7 Å². The highest BCUT2D eigenvalue weighted by atomic mass is 16.4. The second-order valence-electron chi connectivity index (χ2n) is 4.79. The van der Waals surface area contributed by atoms with Crippen LogP contribution in [0, 0.1) is 5.92 Å². The van der Waals surface area contributed by atoms with Crippen molar-refractivity contribution in [3.8, 4) is 0 Å². The summed E-state index contributed by atoms with van der Waals surface area (Å²) in [5.41, 5.74) is -0.394. The average molecular weight is 199 g/mol. The Morgan fingerprint density at radius 1 is 1.43 bits per heavy atom. The number of rotatable bonds is 3. The molecule has 0 heterocycles. The van der Waals surface area contributed by atoms with Crippen LogP contribution in [0.2, 0.25) is 0 Å². The Balaban J connectivity index is 4.99.